The Morgan fingerprint density at radius 2 is 2.35 bits per heavy atom. The van der Waals surface area contributed by atoms with Crippen LogP contribution in [0.25, 0.3) is 0 Å². The number of carbonyl (C=O) groups is 1. The number of anilines is 2. The van der Waals surface area contributed by atoms with Crippen LogP contribution in [0.15, 0.2) is 28.9 Å². The van der Waals surface area contributed by atoms with Crippen molar-refractivity contribution in [1.82, 2.24) is 9.36 Å². The molecule has 20 heavy (non-hydrogen) atoms. The zero-order valence-electron chi connectivity index (χ0n) is 10.5. The number of carbonyl (C=O) groups excluding carboxylic acids is 1. The molecule has 3 N–H and O–H groups in total. The third-order valence-electron chi connectivity index (χ3n) is 2.40. The van der Waals surface area contributed by atoms with Gasteiger partial charge in [0.05, 0.1) is 11.4 Å². The van der Waals surface area contributed by atoms with Crippen LogP contribution < -0.4 is 11.1 Å². The van der Waals surface area contributed by atoms with Crippen molar-refractivity contribution in [3.63, 3.8) is 0 Å². The van der Waals surface area contributed by atoms with E-state index in [1.807, 2.05) is 0 Å². The van der Waals surface area contributed by atoms with Crippen molar-refractivity contribution in [1.29, 1.82) is 0 Å². The molecule has 0 fully saturated rings. The van der Waals surface area contributed by atoms with E-state index >= 15 is 0 Å². The van der Waals surface area contributed by atoms with Gasteiger partial charge in [0.2, 0.25) is 5.91 Å². The highest BCUT2D eigenvalue weighted by molar-refractivity contribution is 8.00. The van der Waals surface area contributed by atoms with Crippen LogP contribution >= 0.6 is 34.9 Å². The van der Waals surface area contributed by atoms with E-state index < -0.39 is 0 Å². The SMILES string of the molecule is Nc1cc(Cl)ccc1NC(=O)CCCSc1ncns1. The Morgan fingerprint density at radius 3 is 3.05 bits per heavy atom. The summed E-state index contributed by atoms with van der Waals surface area (Å²) in [7, 11) is 0. The molecule has 0 aliphatic heterocycles. The molecule has 0 atom stereocenters. The Labute approximate surface area is 130 Å². The second kappa shape index (κ2) is 7.47. The van der Waals surface area contributed by atoms with Crippen molar-refractivity contribution in [2.75, 3.05) is 16.8 Å². The predicted molar refractivity (Wildman–Crippen MR) is 84.4 cm³/mol. The average molecular weight is 329 g/mol. The van der Waals surface area contributed by atoms with Crippen molar-refractivity contribution >= 4 is 52.2 Å². The number of thioether (sulfide) groups is 1. The number of nitrogens with zero attached hydrogens (tertiary/aromatic N) is 2. The highest BCUT2D eigenvalue weighted by Crippen LogP contribution is 2.23. The number of rotatable bonds is 6. The second-order valence-corrected chi connectivity index (χ2v) is 6.50. The van der Waals surface area contributed by atoms with Crippen LogP contribution in [0.3, 0.4) is 0 Å². The molecule has 0 saturated carbocycles. The monoisotopic (exact) mass is 328 g/mol. The van der Waals surface area contributed by atoms with Crippen LogP contribution in [0.1, 0.15) is 12.8 Å². The van der Waals surface area contributed by atoms with E-state index in [1.165, 1.54) is 17.9 Å². The first-order valence-electron chi connectivity index (χ1n) is 5.89. The molecule has 0 aliphatic carbocycles. The quantitative estimate of drug-likeness (QED) is 0.483. The normalized spacial score (nSPS) is 10.4. The Bertz CT molecular complexity index is 577. The highest BCUT2D eigenvalue weighted by Gasteiger charge is 2.06. The lowest BCUT2D eigenvalue weighted by Gasteiger charge is -2.08. The number of nitrogens with two attached hydrogens (primary N) is 1. The lowest BCUT2D eigenvalue weighted by atomic mass is 10.2. The van der Waals surface area contributed by atoms with Gasteiger partial charge < -0.3 is 11.1 Å². The number of nitrogens with one attached hydrogen (secondary N) is 1. The van der Waals surface area contributed by atoms with E-state index in [2.05, 4.69) is 14.7 Å². The maximum absolute atomic E-state index is 11.8. The van der Waals surface area contributed by atoms with Gasteiger partial charge in [0, 0.05) is 17.2 Å². The van der Waals surface area contributed by atoms with Crippen LogP contribution in [0, 0.1) is 0 Å². The summed E-state index contributed by atoms with van der Waals surface area (Å²) >= 11 is 8.76. The fourth-order valence-corrected chi connectivity index (χ4v) is 3.11. The van der Waals surface area contributed by atoms with E-state index in [0.29, 0.717) is 22.8 Å². The molecule has 1 aromatic heterocycles. The number of hydrogen-bond acceptors (Lipinski definition) is 6. The molecule has 106 valence electrons. The lowest BCUT2D eigenvalue weighted by Crippen LogP contribution is -2.12. The van der Waals surface area contributed by atoms with E-state index in [9.17, 15) is 4.79 Å². The molecule has 0 saturated heterocycles. The molecule has 0 aliphatic rings. The molecular formula is C12H13ClN4OS2. The van der Waals surface area contributed by atoms with Crippen LogP contribution in [0.2, 0.25) is 5.02 Å². The molecule has 0 radical (unpaired) electrons. The summed E-state index contributed by atoms with van der Waals surface area (Å²) in [6.45, 7) is 0. The molecule has 2 rings (SSSR count). The maximum atomic E-state index is 11.8. The summed E-state index contributed by atoms with van der Waals surface area (Å²) < 4.78 is 4.84. The van der Waals surface area contributed by atoms with Crippen LogP contribution in [0.5, 0.6) is 0 Å². The van der Waals surface area contributed by atoms with E-state index in [4.69, 9.17) is 17.3 Å². The van der Waals surface area contributed by atoms with Gasteiger partial charge in [-0.25, -0.2) is 4.98 Å². The van der Waals surface area contributed by atoms with Crippen molar-refractivity contribution in [3.05, 3.63) is 29.5 Å². The lowest BCUT2D eigenvalue weighted by molar-refractivity contribution is -0.116. The molecule has 0 spiro atoms. The van der Waals surface area contributed by atoms with Crippen LogP contribution in [-0.4, -0.2) is 21.0 Å². The molecule has 1 aromatic carbocycles. The highest BCUT2D eigenvalue weighted by atomic mass is 35.5. The zero-order valence-corrected chi connectivity index (χ0v) is 12.9. The van der Waals surface area contributed by atoms with Crippen molar-refractivity contribution in [3.8, 4) is 0 Å². The Balaban J connectivity index is 1.72. The number of nitrogen functional groups attached to an aromatic ring is 1. The fraction of sp³-hybridized carbons (Fsp3) is 0.250. The number of hydrogen-bond donors (Lipinski definition) is 2. The number of aromatic nitrogens is 2. The molecule has 1 amide bonds. The summed E-state index contributed by atoms with van der Waals surface area (Å²) in [5.41, 5.74) is 6.83. The molecule has 8 heteroatoms. The van der Waals surface area contributed by atoms with Gasteiger partial charge in [-0.05, 0) is 36.2 Å². The fourth-order valence-electron chi connectivity index (χ4n) is 1.48. The van der Waals surface area contributed by atoms with Crippen molar-refractivity contribution < 1.29 is 4.79 Å². The maximum Gasteiger partial charge on any atom is 0.224 e. The minimum absolute atomic E-state index is 0.0584. The van der Waals surface area contributed by atoms with Gasteiger partial charge in [-0.1, -0.05) is 23.4 Å². The third kappa shape index (κ3) is 4.66. The Hall–Kier alpha value is -1.31. The number of amides is 1. The van der Waals surface area contributed by atoms with Crippen molar-refractivity contribution in [2.45, 2.75) is 17.2 Å². The third-order valence-corrected chi connectivity index (χ3v) is 4.52. The van der Waals surface area contributed by atoms with Gasteiger partial charge in [-0.3, -0.25) is 4.79 Å². The first kappa shape index (κ1) is 15.1. The molecular weight excluding hydrogens is 316 g/mol. The summed E-state index contributed by atoms with van der Waals surface area (Å²) in [5, 5.41) is 3.32. The van der Waals surface area contributed by atoms with Gasteiger partial charge in [0.25, 0.3) is 0 Å². The minimum atomic E-state index is -0.0584. The van der Waals surface area contributed by atoms with Crippen molar-refractivity contribution in [2.24, 2.45) is 0 Å². The molecule has 0 unspecified atom stereocenters. The second-order valence-electron chi connectivity index (χ2n) is 3.94. The summed E-state index contributed by atoms with van der Waals surface area (Å²) in [4.78, 5) is 15.8. The molecule has 1 heterocycles. The first-order chi connectivity index (χ1) is 9.65. The van der Waals surface area contributed by atoms with Gasteiger partial charge in [0.1, 0.15) is 6.33 Å². The zero-order chi connectivity index (χ0) is 14.4. The van der Waals surface area contributed by atoms with Gasteiger partial charge >= 0.3 is 0 Å². The smallest absolute Gasteiger partial charge is 0.224 e. The number of benzene rings is 1. The minimum Gasteiger partial charge on any atom is -0.397 e. The molecule has 0 bridgehead atoms. The number of halogens is 1. The summed E-state index contributed by atoms with van der Waals surface area (Å²) in [6, 6.07) is 5.01. The standard InChI is InChI=1S/C12H13ClN4OS2/c13-8-3-4-10(9(14)6-8)17-11(18)2-1-5-19-12-15-7-16-20-12/h3-4,6-7H,1-2,5,14H2,(H,17,18). The van der Waals surface area contributed by atoms with E-state index in [-0.39, 0.29) is 5.91 Å². The van der Waals surface area contributed by atoms with E-state index in [1.54, 1.807) is 30.0 Å². The topological polar surface area (TPSA) is 80.9 Å². The summed E-state index contributed by atoms with van der Waals surface area (Å²) in [6.07, 6.45) is 2.74. The Morgan fingerprint density at radius 1 is 1.50 bits per heavy atom. The average Bonchev–Trinajstić information content (AvgIpc) is 2.91. The van der Waals surface area contributed by atoms with Gasteiger partial charge in [-0.15, -0.1) is 0 Å². The molecule has 2 aromatic rings. The Kier molecular flexibility index (Phi) is 5.63. The van der Waals surface area contributed by atoms with Gasteiger partial charge in [0.15, 0.2) is 4.34 Å². The van der Waals surface area contributed by atoms with E-state index in [0.717, 1.165) is 16.5 Å². The largest absolute Gasteiger partial charge is 0.397 e. The van der Waals surface area contributed by atoms with Crippen LogP contribution in [0.4, 0.5) is 11.4 Å². The molecule has 5 nitrogen and oxygen atoms in total. The summed E-state index contributed by atoms with van der Waals surface area (Å²) in [5.74, 6) is 0.774. The predicted octanol–water partition coefficient (Wildman–Crippen LogP) is 3.28. The van der Waals surface area contributed by atoms with Gasteiger partial charge in [-0.2, -0.15) is 4.37 Å². The first-order valence-corrected chi connectivity index (χ1v) is 8.03. The van der Waals surface area contributed by atoms with Crippen LogP contribution in [-0.2, 0) is 4.79 Å².